The highest BCUT2D eigenvalue weighted by Crippen LogP contribution is 2.19. The summed E-state index contributed by atoms with van der Waals surface area (Å²) in [5, 5.41) is 2.68. The smallest absolute Gasteiger partial charge is 0.267 e. The minimum atomic E-state index is -0.619. The number of benzene rings is 2. The van der Waals surface area contributed by atoms with Gasteiger partial charge in [0, 0.05) is 25.3 Å². The molecule has 0 bridgehead atoms. The third-order valence-corrected chi connectivity index (χ3v) is 3.31. The number of ether oxygens (including phenoxy) is 1. The molecule has 0 unspecified atom stereocenters. The van der Waals surface area contributed by atoms with Gasteiger partial charge in [-0.05, 0) is 43.3 Å². The van der Waals surface area contributed by atoms with Crippen LogP contribution in [0.25, 0.3) is 0 Å². The second-order valence-corrected chi connectivity index (χ2v) is 5.20. The molecule has 2 amide bonds. The molecule has 2 rings (SSSR count). The van der Waals surface area contributed by atoms with Gasteiger partial charge in [-0.25, -0.2) is 0 Å². The highest BCUT2D eigenvalue weighted by Gasteiger charge is 2.20. The van der Waals surface area contributed by atoms with Gasteiger partial charge in [0.1, 0.15) is 5.75 Å². The molecule has 5 heteroatoms. The number of carbonyl (C=O) groups is 2. The third-order valence-electron chi connectivity index (χ3n) is 3.31. The van der Waals surface area contributed by atoms with Crippen LogP contribution in [-0.2, 0) is 9.59 Å². The number of carbonyl (C=O) groups excluding carboxylic acids is 2. The first kappa shape index (κ1) is 16.5. The van der Waals surface area contributed by atoms with Crippen molar-refractivity contribution < 1.29 is 14.3 Å². The monoisotopic (exact) mass is 312 g/mol. The SMILES string of the molecule is CC(=O)Nc1ccc(O[C@@H](C)C(=O)N(C)c2ccccc2)cc1. The van der Waals surface area contributed by atoms with Crippen molar-refractivity contribution in [3.63, 3.8) is 0 Å². The van der Waals surface area contributed by atoms with Crippen LogP contribution >= 0.6 is 0 Å². The van der Waals surface area contributed by atoms with Gasteiger partial charge in [0.25, 0.3) is 5.91 Å². The van der Waals surface area contributed by atoms with E-state index in [1.807, 2.05) is 30.3 Å². The Bertz CT molecular complexity index is 668. The van der Waals surface area contributed by atoms with Gasteiger partial charge in [-0.1, -0.05) is 18.2 Å². The molecule has 0 aliphatic carbocycles. The second-order valence-electron chi connectivity index (χ2n) is 5.20. The predicted molar refractivity (Wildman–Crippen MR) is 90.7 cm³/mol. The van der Waals surface area contributed by atoms with E-state index in [1.165, 1.54) is 6.92 Å². The molecule has 0 fully saturated rings. The van der Waals surface area contributed by atoms with Gasteiger partial charge in [-0.15, -0.1) is 0 Å². The lowest BCUT2D eigenvalue weighted by atomic mass is 10.2. The van der Waals surface area contributed by atoms with Gasteiger partial charge in [0.2, 0.25) is 5.91 Å². The van der Waals surface area contributed by atoms with Crippen molar-refractivity contribution in [2.45, 2.75) is 20.0 Å². The number of nitrogens with zero attached hydrogens (tertiary/aromatic N) is 1. The Morgan fingerprint density at radius 3 is 2.22 bits per heavy atom. The van der Waals surface area contributed by atoms with Crippen LogP contribution in [0.15, 0.2) is 54.6 Å². The zero-order valence-electron chi connectivity index (χ0n) is 13.4. The lowest BCUT2D eigenvalue weighted by Crippen LogP contribution is -2.37. The van der Waals surface area contributed by atoms with Crippen molar-refractivity contribution in [2.24, 2.45) is 0 Å². The van der Waals surface area contributed by atoms with Gasteiger partial charge >= 0.3 is 0 Å². The van der Waals surface area contributed by atoms with Crippen molar-refractivity contribution in [3.8, 4) is 5.75 Å². The molecule has 1 atom stereocenters. The molecule has 1 N–H and O–H groups in total. The molecule has 120 valence electrons. The Hall–Kier alpha value is -2.82. The summed E-state index contributed by atoms with van der Waals surface area (Å²) in [6.45, 7) is 3.16. The topological polar surface area (TPSA) is 58.6 Å². The molecule has 0 spiro atoms. The van der Waals surface area contributed by atoms with Gasteiger partial charge in [-0.2, -0.15) is 0 Å². The van der Waals surface area contributed by atoms with Gasteiger partial charge in [0.05, 0.1) is 0 Å². The number of hydrogen-bond donors (Lipinski definition) is 1. The molecule has 0 aliphatic rings. The summed E-state index contributed by atoms with van der Waals surface area (Å²) in [5.41, 5.74) is 1.50. The van der Waals surface area contributed by atoms with E-state index in [2.05, 4.69) is 5.32 Å². The number of nitrogens with one attached hydrogen (secondary N) is 1. The Morgan fingerprint density at radius 2 is 1.65 bits per heavy atom. The molecule has 0 radical (unpaired) electrons. The first-order chi connectivity index (χ1) is 11.0. The average molecular weight is 312 g/mol. The maximum absolute atomic E-state index is 12.4. The van der Waals surface area contributed by atoms with E-state index in [0.717, 1.165) is 5.69 Å². The summed E-state index contributed by atoms with van der Waals surface area (Å²) in [6.07, 6.45) is -0.619. The van der Waals surface area contributed by atoms with Gasteiger partial charge in [-0.3, -0.25) is 9.59 Å². The lowest BCUT2D eigenvalue weighted by Gasteiger charge is -2.22. The van der Waals surface area contributed by atoms with Crippen molar-refractivity contribution in [2.75, 3.05) is 17.3 Å². The maximum atomic E-state index is 12.4. The van der Waals surface area contributed by atoms with Gasteiger partial charge < -0.3 is 15.0 Å². The normalized spacial score (nSPS) is 11.4. The summed E-state index contributed by atoms with van der Waals surface area (Å²) < 4.78 is 5.67. The molecule has 23 heavy (non-hydrogen) atoms. The molecule has 2 aromatic rings. The minimum Gasteiger partial charge on any atom is -0.481 e. The van der Waals surface area contributed by atoms with Crippen LogP contribution in [0.1, 0.15) is 13.8 Å². The van der Waals surface area contributed by atoms with Crippen LogP contribution in [0.4, 0.5) is 11.4 Å². The summed E-state index contributed by atoms with van der Waals surface area (Å²) in [5.74, 6) is 0.301. The Kier molecular flexibility index (Phi) is 5.36. The van der Waals surface area contributed by atoms with E-state index in [4.69, 9.17) is 4.74 Å². The second kappa shape index (κ2) is 7.45. The Labute approximate surface area is 135 Å². The standard InChI is InChI=1S/C18H20N2O3/c1-13(18(22)20(3)16-7-5-4-6-8-16)23-17-11-9-15(10-12-17)19-14(2)21/h4-13H,1-3H3,(H,19,21)/t13-/m0/s1. The lowest BCUT2D eigenvalue weighted by molar-refractivity contribution is -0.124. The summed E-state index contributed by atoms with van der Waals surface area (Å²) in [6, 6.07) is 16.3. The Morgan fingerprint density at radius 1 is 1.04 bits per heavy atom. The summed E-state index contributed by atoms with van der Waals surface area (Å²) in [4.78, 5) is 25.0. The fourth-order valence-electron chi connectivity index (χ4n) is 2.13. The van der Waals surface area contributed by atoms with Crippen LogP contribution in [0, 0.1) is 0 Å². The average Bonchev–Trinajstić information content (AvgIpc) is 2.55. The summed E-state index contributed by atoms with van der Waals surface area (Å²) >= 11 is 0. The van der Waals surface area contributed by atoms with Crippen LogP contribution < -0.4 is 15.0 Å². The zero-order valence-corrected chi connectivity index (χ0v) is 13.4. The molecule has 0 saturated carbocycles. The molecule has 2 aromatic carbocycles. The number of hydrogen-bond acceptors (Lipinski definition) is 3. The number of para-hydroxylation sites is 1. The number of rotatable bonds is 5. The van der Waals surface area contributed by atoms with Crippen LogP contribution in [0.5, 0.6) is 5.75 Å². The van der Waals surface area contributed by atoms with E-state index in [0.29, 0.717) is 11.4 Å². The fraction of sp³-hybridized carbons (Fsp3) is 0.222. The largest absolute Gasteiger partial charge is 0.481 e. The van der Waals surface area contributed by atoms with Crippen molar-refractivity contribution in [1.82, 2.24) is 0 Å². The summed E-state index contributed by atoms with van der Waals surface area (Å²) in [7, 11) is 1.72. The Balaban J connectivity index is 1.99. The van der Waals surface area contributed by atoms with Crippen LogP contribution in [0.2, 0.25) is 0 Å². The van der Waals surface area contributed by atoms with Crippen LogP contribution in [-0.4, -0.2) is 25.0 Å². The van der Waals surface area contributed by atoms with E-state index >= 15 is 0 Å². The molecular formula is C18H20N2O3. The number of likely N-dealkylation sites (N-methyl/N-ethyl adjacent to an activating group) is 1. The molecule has 5 nitrogen and oxygen atoms in total. The molecular weight excluding hydrogens is 292 g/mol. The number of anilines is 2. The van der Waals surface area contributed by atoms with E-state index in [-0.39, 0.29) is 11.8 Å². The quantitative estimate of drug-likeness (QED) is 0.923. The third kappa shape index (κ3) is 4.57. The van der Waals surface area contributed by atoms with Gasteiger partial charge in [0.15, 0.2) is 6.10 Å². The fourth-order valence-corrected chi connectivity index (χ4v) is 2.13. The predicted octanol–water partition coefficient (Wildman–Crippen LogP) is 3.08. The molecule has 0 aliphatic heterocycles. The number of amides is 2. The zero-order chi connectivity index (χ0) is 16.8. The highest BCUT2D eigenvalue weighted by molar-refractivity contribution is 5.96. The van der Waals surface area contributed by atoms with Crippen LogP contribution in [0.3, 0.4) is 0 Å². The molecule has 0 heterocycles. The molecule has 0 saturated heterocycles. The van der Waals surface area contributed by atoms with Crippen molar-refractivity contribution in [3.05, 3.63) is 54.6 Å². The van der Waals surface area contributed by atoms with E-state index in [1.54, 1.807) is 43.1 Å². The van der Waals surface area contributed by atoms with Crippen molar-refractivity contribution in [1.29, 1.82) is 0 Å². The first-order valence-corrected chi connectivity index (χ1v) is 7.34. The minimum absolute atomic E-state index is 0.133. The van der Waals surface area contributed by atoms with Crippen molar-refractivity contribution >= 4 is 23.2 Å². The first-order valence-electron chi connectivity index (χ1n) is 7.34. The molecule has 0 aromatic heterocycles. The highest BCUT2D eigenvalue weighted by atomic mass is 16.5. The maximum Gasteiger partial charge on any atom is 0.267 e. The van der Waals surface area contributed by atoms with E-state index in [9.17, 15) is 9.59 Å². The van der Waals surface area contributed by atoms with E-state index < -0.39 is 6.10 Å².